The zero-order chi connectivity index (χ0) is 18.9. The number of ether oxygens (including phenoxy) is 2. The number of halogens is 2. The van der Waals surface area contributed by atoms with Gasteiger partial charge in [-0.05, 0) is 28.1 Å². The zero-order valence-electron chi connectivity index (χ0n) is 16.2. The molecule has 2 aromatic rings. The lowest BCUT2D eigenvalue weighted by Crippen LogP contribution is -2.40. The van der Waals surface area contributed by atoms with E-state index in [1.54, 1.807) is 14.2 Å². The van der Waals surface area contributed by atoms with Gasteiger partial charge in [-0.15, -0.1) is 24.0 Å². The molecule has 0 amide bonds. The van der Waals surface area contributed by atoms with Crippen LogP contribution in [0.25, 0.3) is 0 Å². The summed E-state index contributed by atoms with van der Waals surface area (Å²) in [5, 5.41) is 3.33. The molecule has 8 heteroatoms. The minimum absolute atomic E-state index is 0. The van der Waals surface area contributed by atoms with Crippen molar-refractivity contribution in [2.45, 2.75) is 13.2 Å². The van der Waals surface area contributed by atoms with Gasteiger partial charge < -0.3 is 24.3 Å². The lowest BCUT2D eigenvalue weighted by Gasteiger charge is -2.22. The predicted octanol–water partition coefficient (Wildman–Crippen LogP) is 3.64. The van der Waals surface area contributed by atoms with Crippen LogP contribution in [0.15, 0.2) is 46.0 Å². The van der Waals surface area contributed by atoms with Crippen molar-refractivity contribution in [3.8, 4) is 5.75 Å². The Kier molecular flexibility index (Phi) is 10.8. The number of hydrogen-bond acceptors (Lipinski definition) is 3. The van der Waals surface area contributed by atoms with Gasteiger partial charge in [-0.25, -0.2) is 0 Å². The van der Waals surface area contributed by atoms with Crippen LogP contribution in [-0.4, -0.2) is 49.8 Å². The van der Waals surface area contributed by atoms with Gasteiger partial charge in [0.1, 0.15) is 5.75 Å². The second-order valence-electron chi connectivity index (χ2n) is 5.96. The molecule has 1 aromatic heterocycles. The van der Waals surface area contributed by atoms with Crippen molar-refractivity contribution in [3.63, 3.8) is 0 Å². The second kappa shape index (κ2) is 12.2. The molecule has 0 saturated heterocycles. The Labute approximate surface area is 187 Å². The number of hydrogen-bond donors (Lipinski definition) is 1. The molecule has 0 aliphatic rings. The molecular formula is C19H28BrIN4O2. The van der Waals surface area contributed by atoms with E-state index in [1.807, 2.05) is 44.6 Å². The summed E-state index contributed by atoms with van der Waals surface area (Å²) in [5.41, 5.74) is 2.25. The van der Waals surface area contributed by atoms with E-state index in [0.717, 1.165) is 28.3 Å². The monoisotopic (exact) mass is 550 g/mol. The zero-order valence-corrected chi connectivity index (χ0v) is 20.2. The van der Waals surface area contributed by atoms with Gasteiger partial charge in [0.2, 0.25) is 0 Å². The number of aryl methyl sites for hydroxylation is 1. The quantitative estimate of drug-likeness (QED) is 0.236. The molecule has 1 aromatic carbocycles. The van der Waals surface area contributed by atoms with E-state index in [0.29, 0.717) is 19.8 Å². The highest BCUT2D eigenvalue weighted by Gasteiger charge is 2.09. The third-order valence-corrected chi connectivity index (χ3v) is 4.46. The van der Waals surface area contributed by atoms with Crippen molar-refractivity contribution in [2.75, 3.05) is 34.4 Å². The first-order valence-corrected chi connectivity index (χ1v) is 9.26. The largest absolute Gasteiger partial charge is 0.496 e. The van der Waals surface area contributed by atoms with Crippen LogP contribution in [0, 0.1) is 0 Å². The summed E-state index contributed by atoms with van der Waals surface area (Å²) in [6.07, 6.45) is 2.05. The van der Waals surface area contributed by atoms with Gasteiger partial charge in [-0.3, -0.25) is 4.99 Å². The average Bonchev–Trinajstić information content (AvgIpc) is 2.95. The Bertz CT molecular complexity index is 736. The van der Waals surface area contributed by atoms with Crippen molar-refractivity contribution in [2.24, 2.45) is 12.0 Å². The number of guanidine groups is 1. The topological polar surface area (TPSA) is 51.0 Å². The van der Waals surface area contributed by atoms with Gasteiger partial charge in [0.15, 0.2) is 5.96 Å². The van der Waals surface area contributed by atoms with Crippen molar-refractivity contribution in [1.82, 2.24) is 14.8 Å². The predicted molar refractivity (Wildman–Crippen MR) is 124 cm³/mol. The lowest BCUT2D eigenvalue weighted by molar-refractivity contribution is 0.123. The van der Waals surface area contributed by atoms with E-state index in [9.17, 15) is 0 Å². The van der Waals surface area contributed by atoms with Crippen LogP contribution >= 0.6 is 39.9 Å². The molecule has 0 saturated carbocycles. The normalized spacial score (nSPS) is 11.1. The first kappa shape index (κ1) is 23.8. The Morgan fingerprint density at radius 2 is 2.07 bits per heavy atom. The maximum atomic E-state index is 5.75. The van der Waals surface area contributed by atoms with Crippen molar-refractivity contribution in [1.29, 1.82) is 0 Å². The number of para-hydroxylation sites is 1. The van der Waals surface area contributed by atoms with Crippen LogP contribution in [0.1, 0.15) is 11.3 Å². The van der Waals surface area contributed by atoms with Gasteiger partial charge in [0.05, 0.1) is 26.9 Å². The van der Waals surface area contributed by atoms with Crippen molar-refractivity contribution >= 4 is 45.9 Å². The van der Waals surface area contributed by atoms with E-state index in [4.69, 9.17) is 9.47 Å². The van der Waals surface area contributed by atoms with Crippen LogP contribution in [-0.2, 0) is 24.9 Å². The molecule has 0 atom stereocenters. The van der Waals surface area contributed by atoms with Crippen LogP contribution in [0.4, 0.5) is 0 Å². The van der Waals surface area contributed by atoms with E-state index in [2.05, 4.69) is 41.8 Å². The van der Waals surface area contributed by atoms with Crippen LogP contribution < -0.4 is 10.1 Å². The molecule has 0 fully saturated rings. The number of methoxy groups -OCH3 is 1. The summed E-state index contributed by atoms with van der Waals surface area (Å²) in [4.78, 5) is 6.42. The molecule has 6 nitrogen and oxygen atoms in total. The fourth-order valence-electron chi connectivity index (χ4n) is 2.67. The molecule has 0 aliphatic heterocycles. The average molecular weight is 551 g/mol. The summed E-state index contributed by atoms with van der Waals surface area (Å²) < 4.78 is 14.3. The molecule has 0 aliphatic carbocycles. The molecule has 2 rings (SSSR count). The maximum absolute atomic E-state index is 5.75. The van der Waals surface area contributed by atoms with Gasteiger partial charge >= 0.3 is 0 Å². The summed E-state index contributed by atoms with van der Waals surface area (Å²) in [7, 11) is 7.52. The minimum Gasteiger partial charge on any atom is -0.496 e. The van der Waals surface area contributed by atoms with Gasteiger partial charge in [-0.1, -0.05) is 18.2 Å². The smallest absolute Gasteiger partial charge is 0.193 e. The molecule has 0 radical (unpaired) electrons. The number of aromatic nitrogens is 1. The molecule has 27 heavy (non-hydrogen) atoms. The van der Waals surface area contributed by atoms with Gasteiger partial charge in [0, 0.05) is 49.6 Å². The highest BCUT2D eigenvalue weighted by Crippen LogP contribution is 2.18. The van der Waals surface area contributed by atoms with E-state index in [-0.39, 0.29) is 24.0 Å². The molecular weight excluding hydrogens is 523 g/mol. The highest BCUT2D eigenvalue weighted by molar-refractivity contribution is 14.0. The third kappa shape index (κ3) is 7.34. The third-order valence-electron chi connectivity index (χ3n) is 4.03. The Hall–Kier alpha value is -1.26. The van der Waals surface area contributed by atoms with Crippen LogP contribution in [0.3, 0.4) is 0 Å². The Morgan fingerprint density at radius 3 is 2.70 bits per heavy atom. The summed E-state index contributed by atoms with van der Waals surface area (Å²) in [6, 6.07) is 10.00. The Morgan fingerprint density at radius 1 is 1.33 bits per heavy atom. The van der Waals surface area contributed by atoms with Gasteiger partial charge in [0.25, 0.3) is 0 Å². The van der Waals surface area contributed by atoms with Crippen molar-refractivity contribution in [3.05, 3.63) is 52.3 Å². The molecule has 0 bridgehead atoms. The summed E-state index contributed by atoms with van der Waals surface area (Å²) in [6.45, 7) is 2.56. The standard InChI is InChI=1S/C19H27BrN4O2.HI/c1-21-19(24(3)13-17-11-16(20)12-23(17)2)22-9-10-26-14-15-7-5-6-8-18(15)25-4;/h5-8,11-12H,9-10,13-14H2,1-4H3,(H,21,22);1H. The molecule has 0 spiro atoms. The highest BCUT2D eigenvalue weighted by atomic mass is 127. The fraction of sp³-hybridized carbons (Fsp3) is 0.421. The van der Waals surface area contributed by atoms with E-state index >= 15 is 0 Å². The van der Waals surface area contributed by atoms with Crippen LogP contribution in [0.2, 0.25) is 0 Å². The molecule has 0 unspecified atom stereocenters. The fourth-order valence-corrected chi connectivity index (χ4v) is 3.24. The number of nitrogens with zero attached hydrogens (tertiary/aromatic N) is 3. The lowest BCUT2D eigenvalue weighted by atomic mass is 10.2. The SMILES string of the molecule is CN=C(NCCOCc1ccccc1OC)N(C)Cc1cc(Br)cn1C.I. The minimum atomic E-state index is 0. The maximum Gasteiger partial charge on any atom is 0.193 e. The van der Waals surface area contributed by atoms with Crippen LogP contribution in [0.5, 0.6) is 5.75 Å². The molecule has 150 valence electrons. The number of rotatable bonds is 8. The summed E-state index contributed by atoms with van der Waals surface area (Å²) in [5.74, 6) is 1.69. The number of benzene rings is 1. The van der Waals surface area contributed by atoms with E-state index < -0.39 is 0 Å². The second-order valence-corrected chi connectivity index (χ2v) is 6.87. The van der Waals surface area contributed by atoms with Gasteiger partial charge in [-0.2, -0.15) is 0 Å². The molecule has 1 heterocycles. The Balaban J connectivity index is 0.00000364. The first-order chi connectivity index (χ1) is 12.5. The number of nitrogens with one attached hydrogen (secondary N) is 1. The molecule has 1 N–H and O–H groups in total. The van der Waals surface area contributed by atoms with Crippen molar-refractivity contribution < 1.29 is 9.47 Å². The number of aliphatic imine (C=N–C) groups is 1. The van der Waals surface area contributed by atoms with E-state index in [1.165, 1.54) is 5.69 Å². The first-order valence-electron chi connectivity index (χ1n) is 8.47. The summed E-state index contributed by atoms with van der Waals surface area (Å²) >= 11 is 3.50.